The fourth-order valence-electron chi connectivity index (χ4n) is 1.43. The van der Waals surface area contributed by atoms with E-state index in [1.54, 1.807) is 0 Å². The van der Waals surface area contributed by atoms with Crippen LogP contribution in [0.3, 0.4) is 0 Å². The van der Waals surface area contributed by atoms with E-state index in [2.05, 4.69) is 25.5 Å². The summed E-state index contributed by atoms with van der Waals surface area (Å²) in [6.45, 7) is 14.1. The molecule has 125 valence electrons. The van der Waals surface area contributed by atoms with Crippen LogP contribution in [0.25, 0.3) is 0 Å². The first-order valence-corrected chi connectivity index (χ1v) is 8.23. The molecule has 0 unspecified atom stereocenters. The Labute approximate surface area is 149 Å². The summed E-state index contributed by atoms with van der Waals surface area (Å²) in [5, 5.41) is 0. The molecular formula is C20H40V. The van der Waals surface area contributed by atoms with Crippen molar-refractivity contribution in [2.75, 3.05) is 0 Å². The van der Waals surface area contributed by atoms with Gasteiger partial charge in [0.05, 0.1) is 0 Å². The average Bonchev–Trinajstić information content (AvgIpc) is 2.56. The van der Waals surface area contributed by atoms with E-state index in [0.29, 0.717) is 0 Å². The van der Waals surface area contributed by atoms with Crippen LogP contribution in [0, 0.1) is 20.8 Å². The van der Waals surface area contributed by atoms with Gasteiger partial charge in [-0.1, -0.05) is 96.7 Å². The summed E-state index contributed by atoms with van der Waals surface area (Å²) in [7, 11) is 0. The van der Waals surface area contributed by atoms with Gasteiger partial charge in [-0.3, -0.25) is 0 Å². The van der Waals surface area contributed by atoms with Crippen LogP contribution in [-0.4, -0.2) is 0 Å². The molecule has 0 N–H and O–H groups in total. The average molecular weight is 331 g/mol. The zero-order valence-electron chi connectivity index (χ0n) is 15.9. The Kier molecular flexibility index (Phi) is 57.2. The summed E-state index contributed by atoms with van der Waals surface area (Å²) in [6, 6.07) is 10.3. The van der Waals surface area contributed by atoms with Crippen LogP contribution in [0.1, 0.15) is 79.2 Å². The van der Waals surface area contributed by atoms with Crippen molar-refractivity contribution in [3.05, 3.63) is 49.7 Å². The number of rotatable bonds is 0. The van der Waals surface area contributed by atoms with Gasteiger partial charge in [-0.25, -0.2) is 0 Å². The molecular weight excluding hydrogens is 291 g/mol. The van der Waals surface area contributed by atoms with E-state index >= 15 is 0 Å². The molecule has 0 nitrogen and oxygen atoms in total. The number of hydrogen-bond donors (Lipinski definition) is 0. The van der Waals surface area contributed by atoms with Gasteiger partial charge in [0.1, 0.15) is 0 Å². The maximum Gasteiger partial charge on any atom is 2.00 e. The van der Waals surface area contributed by atoms with Crippen LogP contribution in [0.4, 0.5) is 0 Å². The Morgan fingerprint density at radius 3 is 1.24 bits per heavy atom. The second-order valence-electron chi connectivity index (χ2n) is 3.58. The quantitative estimate of drug-likeness (QED) is 0.428. The normalized spacial score (nSPS) is 10.6. The summed E-state index contributed by atoms with van der Waals surface area (Å²) >= 11 is 0. The van der Waals surface area contributed by atoms with Crippen LogP contribution >= 0.6 is 0 Å². The van der Waals surface area contributed by atoms with Gasteiger partial charge in [-0.15, -0.1) is 0 Å². The monoisotopic (exact) mass is 331 g/mol. The predicted molar refractivity (Wildman–Crippen MR) is 99.0 cm³/mol. The Morgan fingerprint density at radius 1 is 0.714 bits per heavy atom. The first-order chi connectivity index (χ1) is 9.39. The SMILES string of the molecule is CC.CC.CC.Cc1ccccc1.[CH-]1CCCCC1.[CH3-].[V+2]. The third-order valence-corrected chi connectivity index (χ3v) is 2.26. The molecule has 0 saturated heterocycles. The molecule has 0 aromatic heterocycles. The fraction of sp³-hybridized carbons (Fsp3) is 0.600. The molecule has 1 saturated carbocycles. The zero-order chi connectivity index (χ0) is 15.4. The van der Waals surface area contributed by atoms with E-state index < -0.39 is 0 Å². The zero-order valence-corrected chi connectivity index (χ0v) is 17.3. The third kappa shape index (κ3) is 32.9. The summed E-state index contributed by atoms with van der Waals surface area (Å²) in [4.78, 5) is 0. The molecule has 0 spiro atoms. The van der Waals surface area contributed by atoms with Crippen LogP contribution in [0.2, 0.25) is 0 Å². The van der Waals surface area contributed by atoms with Gasteiger partial charge in [0.15, 0.2) is 0 Å². The summed E-state index contributed by atoms with van der Waals surface area (Å²) in [5.41, 5.74) is 1.32. The molecule has 21 heavy (non-hydrogen) atoms. The van der Waals surface area contributed by atoms with E-state index in [1.807, 2.05) is 59.7 Å². The van der Waals surface area contributed by atoms with Gasteiger partial charge in [-0.2, -0.15) is 12.8 Å². The molecule has 1 radical (unpaired) electrons. The summed E-state index contributed by atoms with van der Waals surface area (Å²) in [5.74, 6) is 0. The van der Waals surface area contributed by atoms with Gasteiger partial charge in [-0.05, 0) is 6.92 Å². The minimum Gasteiger partial charge on any atom is -0.358 e. The summed E-state index contributed by atoms with van der Waals surface area (Å²) < 4.78 is 0. The molecule has 0 atom stereocenters. The van der Waals surface area contributed by atoms with Crippen molar-refractivity contribution in [1.82, 2.24) is 0 Å². The number of benzene rings is 1. The molecule has 1 heteroatoms. The molecule has 0 bridgehead atoms. The molecule has 1 aliphatic rings. The molecule has 1 aliphatic carbocycles. The number of aryl methyl sites for hydroxylation is 1. The minimum absolute atomic E-state index is 0. The van der Waals surface area contributed by atoms with Crippen LogP contribution in [0.15, 0.2) is 30.3 Å². The van der Waals surface area contributed by atoms with E-state index in [-0.39, 0.29) is 26.0 Å². The molecule has 1 aromatic carbocycles. The molecule has 0 amide bonds. The van der Waals surface area contributed by atoms with Crippen molar-refractivity contribution in [1.29, 1.82) is 0 Å². The third-order valence-electron chi connectivity index (χ3n) is 2.26. The maximum atomic E-state index is 2.39. The van der Waals surface area contributed by atoms with Crippen molar-refractivity contribution < 1.29 is 18.6 Å². The first kappa shape index (κ1) is 32.7. The second kappa shape index (κ2) is 36.7. The van der Waals surface area contributed by atoms with Crippen molar-refractivity contribution >= 4 is 0 Å². The topological polar surface area (TPSA) is 0 Å². The Balaban J connectivity index is -0.0000000564. The van der Waals surface area contributed by atoms with E-state index in [1.165, 1.54) is 37.7 Å². The van der Waals surface area contributed by atoms with Crippen molar-refractivity contribution in [2.45, 2.75) is 80.6 Å². The van der Waals surface area contributed by atoms with E-state index in [4.69, 9.17) is 0 Å². The Morgan fingerprint density at radius 2 is 1.10 bits per heavy atom. The van der Waals surface area contributed by atoms with Crippen LogP contribution < -0.4 is 0 Å². The summed E-state index contributed by atoms with van der Waals surface area (Å²) in [6.07, 6.45) is 9.50. The molecule has 0 aliphatic heterocycles. The van der Waals surface area contributed by atoms with Crippen molar-refractivity contribution in [3.8, 4) is 0 Å². The number of hydrogen-bond acceptors (Lipinski definition) is 0. The second-order valence-corrected chi connectivity index (χ2v) is 3.58. The maximum absolute atomic E-state index is 2.39. The predicted octanol–water partition coefficient (Wildman–Crippen LogP) is 7.68. The molecule has 0 heterocycles. The molecule has 2 rings (SSSR count). The first-order valence-electron chi connectivity index (χ1n) is 8.23. The van der Waals surface area contributed by atoms with E-state index in [9.17, 15) is 0 Å². The molecule has 1 fully saturated rings. The smallest absolute Gasteiger partial charge is 0.358 e. The van der Waals surface area contributed by atoms with Gasteiger partial charge in [0.2, 0.25) is 0 Å². The van der Waals surface area contributed by atoms with Gasteiger partial charge in [0.25, 0.3) is 0 Å². The van der Waals surface area contributed by atoms with Crippen LogP contribution in [0.5, 0.6) is 0 Å². The van der Waals surface area contributed by atoms with Crippen molar-refractivity contribution in [3.63, 3.8) is 0 Å². The Bertz CT molecular complexity index is 191. The van der Waals surface area contributed by atoms with Crippen molar-refractivity contribution in [2.24, 2.45) is 0 Å². The van der Waals surface area contributed by atoms with Gasteiger partial charge in [0, 0.05) is 0 Å². The van der Waals surface area contributed by atoms with Gasteiger partial charge >= 0.3 is 18.6 Å². The van der Waals surface area contributed by atoms with Crippen LogP contribution in [-0.2, 0) is 18.6 Å². The largest absolute Gasteiger partial charge is 2.00 e. The minimum atomic E-state index is 0. The van der Waals surface area contributed by atoms with E-state index in [0.717, 1.165) is 0 Å². The Hall–Kier alpha value is -0.196. The standard InChI is InChI=1S/C7H8.C6H11.3C2H6.CH3.V/c1-7-5-3-2-4-6-7;1-2-4-6-5-3-1;3*1-2;;/h2-6H,1H3;1H,2-6H2;3*1-2H3;1H3;/q;-1;;;;-1;+2. The molecule has 1 aromatic rings. The fourth-order valence-corrected chi connectivity index (χ4v) is 1.43. The van der Waals surface area contributed by atoms with Gasteiger partial charge < -0.3 is 13.8 Å².